The molecule has 0 bridgehead atoms. The molecule has 0 aromatic carbocycles. The molecule has 6 heteroatoms. The molecule has 0 unspecified atom stereocenters. The average molecular weight is 209 g/mol. The summed E-state index contributed by atoms with van der Waals surface area (Å²) in [6.45, 7) is 3.12. The largest absolute Gasteiger partial charge is 0.388 e. The summed E-state index contributed by atoms with van der Waals surface area (Å²) < 4.78 is 0. The van der Waals surface area contributed by atoms with Crippen LogP contribution in [0, 0.1) is 5.41 Å². The van der Waals surface area contributed by atoms with Crippen LogP contribution in [-0.4, -0.2) is 28.9 Å². The lowest BCUT2D eigenvalue weighted by Crippen LogP contribution is -2.32. The number of nitrogens with zero attached hydrogens (tertiary/aromatic N) is 2. The Balaban J connectivity index is 2.79. The molecule has 0 amide bonds. The molecule has 4 N–H and O–H groups in total. The van der Waals surface area contributed by atoms with E-state index in [9.17, 15) is 4.79 Å². The van der Waals surface area contributed by atoms with Crippen LogP contribution in [0.2, 0.25) is 0 Å². The highest BCUT2D eigenvalue weighted by Gasteiger charge is 2.09. The van der Waals surface area contributed by atoms with Crippen LogP contribution in [0.1, 0.15) is 13.3 Å². The van der Waals surface area contributed by atoms with Gasteiger partial charge in [0.1, 0.15) is 0 Å². The Hall–Kier alpha value is -1.85. The summed E-state index contributed by atoms with van der Waals surface area (Å²) in [5.74, 6) is 0.488. The van der Waals surface area contributed by atoms with Crippen molar-refractivity contribution in [1.29, 1.82) is 5.41 Å². The van der Waals surface area contributed by atoms with Crippen molar-refractivity contribution >= 4 is 11.7 Å². The van der Waals surface area contributed by atoms with E-state index in [-0.39, 0.29) is 11.4 Å². The van der Waals surface area contributed by atoms with Gasteiger partial charge in [-0.15, -0.1) is 0 Å². The molecule has 0 atom stereocenters. The van der Waals surface area contributed by atoms with Crippen molar-refractivity contribution in [3.05, 3.63) is 22.7 Å². The minimum absolute atomic E-state index is 0.112. The van der Waals surface area contributed by atoms with Crippen LogP contribution in [0.25, 0.3) is 0 Å². The second-order valence-corrected chi connectivity index (χ2v) is 3.10. The van der Waals surface area contributed by atoms with Crippen molar-refractivity contribution in [2.45, 2.75) is 13.3 Å². The molecule has 6 nitrogen and oxygen atoms in total. The van der Waals surface area contributed by atoms with Gasteiger partial charge in [0.2, 0.25) is 0 Å². The number of amidine groups is 1. The van der Waals surface area contributed by atoms with Crippen LogP contribution >= 0.6 is 0 Å². The lowest BCUT2D eigenvalue weighted by molar-refractivity contribution is 0.803. The molecule has 0 saturated heterocycles. The van der Waals surface area contributed by atoms with Crippen LogP contribution in [0.15, 0.2) is 17.2 Å². The molecule has 1 aromatic rings. The second kappa shape index (κ2) is 5.14. The Morgan fingerprint density at radius 1 is 1.73 bits per heavy atom. The minimum atomic E-state index is -0.220. The van der Waals surface area contributed by atoms with Crippen molar-refractivity contribution in [1.82, 2.24) is 9.97 Å². The van der Waals surface area contributed by atoms with E-state index in [1.165, 1.54) is 12.4 Å². The predicted octanol–water partition coefficient (Wildman–Crippen LogP) is -0.0777. The maximum atomic E-state index is 11.4. The first-order chi connectivity index (χ1) is 7.15. The van der Waals surface area contributed by atoms with Crippen LogP contribution in [0.5, 0.6) is 0 Å². The molecule has 15 heavy (non-hydrogen) atoms. The third-order valence-corrected chi connectivity index (χ3v) is 2.02. The number of anilines is 1. The van der Waals surface area contributed by atoms with Crippen LogP contribution < -0.4 is 16.2 Å². The summed E-state index contributed by atoms with van der Waals surface area (Å²) >= 11 is 0. The van der Waals surface area contributed by atoms with Gasteiger partial charge in [-0.25, -0.2) is 4.98 Å². The van der Waals surface area contributed by atoms with Gasteiger partial charge in [-0.2, -0.15) is 0 Å². The molecule has 0 radical (unpaired) electrons. The zero-order valence-corrected chi connectivity index (χ0v) is 8.66. The molecule has 0 spiro atoms. The number of aromatic amines is 1. The molecule has 82 valence electrons. The van der Waals surface area contributed by atoms with Gasteiger partial charge < -0.3 is 15.6 Å². The highest BCUT2D eigenvalue weighted by molar-refractivity contribution is 5.77. The quantitative estimate of drug-likeness (QED) is 0.466. The molecular formula is C9H15N5O. The van der Waals surface area contributed by atoms with Gasteiger partial charge >= 0.3 is 0 Å². The van der Waals surface area contributed by atoms with E-state index in [1.54, 1.807) is 4.90 Å². The maximum Gasteiger partial charge on any atom is 0.290 e. The number of H-pyrrole nitrogens is 1. The van der Waals surface area contributed by atoms with Crippen LogP contribution in [-0.2, 0) is 0 Å². The first kappa shape index (κ1) is 11.2. The number of aromatic nitrogens is 2. The SMILES string of the molecule is CCN(CCC(=N)N)c1ncc[nH]c1=O. The fraction of sp³-hybridized carbons (Fsp3) is 0.444. The van der Waals surface area contributed by atoms with Gasteiger partial charge in [-0.05, 0) is 6.92 Å². The highest BCUT2D eigenvalue weighted by atomic mass is 16.1. The summed E-state index contributed by atoms with van der Waals surface area (Å²) in [7, 11) is 0. The zero-order valence-electron chi connectivity index (χ0n) is 8.66. The fourth-order valence-corrected chi connectivity index (χ4v) is 1.24. The number of hydrogen-bond acceptors (Lipinski definition) is 4. The van der Waals surface area contributed by atoms with E-state index in [4.69, 9.17) is 11.1 Å². The summed E-state index contributed by atoms with van der Waals surface area (Å²) in [6.07, 6.45) is 3.46. The van der Waals surface area contributed by atoms with E-state index >= 15 is 0 Å². The standard InChI is InChI=1S/C9H15N5O/c1-2-14(6-3-7(10)11)8-9(15)13-5-4-12-8/h4-5H,2-3,6H2,1H3,(H3,10,11)(H,13,15). The summed E-state index contributed by atoms with van der Waals surface area (Å²) in [4.78, 5) is 19.8. The lowest BCUT2D eigenvalue weighted by atomic mass is 10.3. The molecule has 0 saturated carbocycles. The van der Waals surface area contributed by atoms with Gasteiger partial charge in [-0.3, -0.25) is 10.2 Å². The van der Waals surface area contributed by atoms with Gasteiger partial charge in [0, 0.05) is 31.9 Å². The van der Waals surface area contributed by atoms with Gasteiger partial charge in [0.05, 0.1) is 5.84 Å². The van der Waals surface area contributed by atoms with Crippen molar-refractivity contribution in [3.8, 4) is 0 Å². The summed E-state index contributed by atoms with van der Waals surface area (Å²) in [5, 5.41) is 7.12. The molecule has 1 rings (SSSR count). The van der Waals surface area contributed by atoms with Crippen molar-refractivity contribution in [3.63, 3.8) is 0 Å². The monoisotopic (exact) mass is 209 g/mol. The van der Waals surface area contributed by atoms with E-state index in [2.05, 4.69) is 9.97 Å². The predicted molar refractivity (Wildman–Crippen MR) is 59.3 cm³/mol. The smallest absolute Gasteiger partial charge is 0.290 e. The molecule has 0 aliphatic carbocycles. The van der Waals surface area contributed by atoms with E-state index in [0.717, 1.165) is 0 Å². The number of rotatable bonds is 5. The third-order valence-electron chi connectivity index (χ3n) is 2.02. The minimum Gasteiger partial charge on any atom is -0.388 e. The summed E-state index contributed by atoms with van der Waals surface area (Å²) in [5.41, 5.74) is 5.04. The first-order valence-corrected chi connectivity index (χ1v) is 4.76. The van der Waals surface area contributed by atoms with E-state index in [1.807, 2.05) is 6.92 Å². The summed E-state index contributed by atoms with van der Waals surface area (Å²) in [6, 6.07) is 0. The van der Waals surface area contributed by atoms with E-state index in [0.29, 0.717) is 25.3 Å². The van der Waals surface area contributed by atoms with Crippen molar-refractivity contribution in [2.24, 2.45) is 5.73 Å². The number of nitrogens with one attached hydrogen (secondary N) is 2. The Morgan fingerprint density at radius 2 is 2.47 bits per heavy atom. The molecule has 0 fully saturated rings. The Morgan fingerprint density at radius 3 is 3.00 bits per heavy atom. The maximum absolute atomic E-state index is 11.4. The van der Waals surface area contributed by atoms with Crippen LogP contribution in [0.3, 0.4) is 0 Å². The van der Waals surface area contributed by atoms with E-state index < -0.39 is 0 Å². The number of hydrogen-bond donors (Lipinski definition) is 3. The average Bonchev–Trinajstić information content (AvgIpc) is 2.21. The van der Waals surface area contributed by atoms with Gasteiger partial charge in [0.25, 0.3) is 5.56 Å². The molecule has 0 aliphatic rings. The Bertz CT molecular complexity index is 386. The van der Waals surface area contributed by atoms with Gasteiger partial charge in [0.15, 0.2) is 5.82 Å². The Labute approximate surface area is 87.6 Å². The zero-order chi connectivity index (χ0) is 11.3. The molecule has 1 heterocycles. The third kappa shape index (κ3) is 3.08. The number of nitrogens with two attached hydrogens (primary N) is 1. The molecule has 0 aliphatic heterocycles. The normalized spacial score (nSPS) is 9.93. The van der Waals surface area contributed by atoms with Gasteiger partial charge in [-0.1, -0.05) is 0 Å². The van der Waals surface area contributed by atoms with Crippen molar-refractivity contribution in [2.75, 3.05) is 18.0 Å². The first-order valence-electron chi connectivity index (χ1n) is 4.76. The topological polar surface area (TPSA) is 98.9 Å². The highest BCUT2D eigenvalue weighted by Crippen LogP contribution is 2.02. The fourth-order valence-electron chi connectivity index (χ4n) is 1.24. The Kier molecular flexibility index (Phi) is 3.84. The lowest BCUT2D eigenvalue weighted by Gasteiger charge is -2.19. The van der Waals surface area contributed by atoms with Crippen LogP contribution in [0.4, 0.5) is 5.82 Å². The second-order valence-electron chi connectivity index (χ2n) is 3.10. The van der Waals surface area contributed by atoms with Crippen molar-refractivity contribution < 1.29 is 0 Å². The molecule has 1 aromatic heterocycles. The molecular weight excluding hydrogens is 194 g/mol.